The van der Waals surface area contributed by atoms with Crippen LogP contribution in [0.4, 0.5) is 0 Å². The van der Waals surface area contributed by atoms with Crippen molar-refractivity contribution in [2.24, 2.45) is 0 Å². The highest BCUT2D eigenvalue weighted by Crippen LogP contribution is 2.38. The summed E-state index contributed by atoms with van der Waals surface area (Å²) in [6.07, 6.45) is 0.729. The molecule has 1 aromatic rings. The molecule has 0 saturated heterocycles. The maximum absolute atomic E-state index is 12.3. The standard InChI is InChI=1S/C14H18ClNO5S/c1-9(14(17)16-2)22(18,19)8-10-6-11(15)13-12(7-10)20-4-3-5-21-13/h6-7,9H,3-5,8H2,1-2H3,(H,16,17). The molecule has 1 amide bonds. The molecule has 0 aliphatic carbocycles. The first-order chi connectivity index (χ1) is 10.3. The van der Waals surface area contributed by atoms with Crippen LogP contribution in [0.25, 0.3) is 0 Å². The zero-order valence-electron chi connectivity index (χ0n) is 12.4. The molecule has 0 fully saturated rings. The molecule has 1 heterocycles. The molecule has 0 spiro atoms. The first-order valence-electron chi connectivity index (χ1n) is 6.86. The van der Waals surface area contributed by atoms with Gasteiger partial charge < -0.3 is 14.8 Å². The second kappa shape index (κ2) is 6.75. The Morgan fingerprint density at radius 2 is 2.05 bits per heavy atom. The third kappa shape index (κ3) is 3.64. The second-order valence-corrected chi connectivity index (χ2v) is 7.75. The van der Waals surface area contributed by atoms with Gasteiger partial charge in [0, 0.05) is 13.5 Å². The van der Waals surface area contributed by atoms with Gasteiger partial charge in [-0.25, -0.2) is 8.42 Å². The molecule has 1 aliphatic rings. The zero-order valence-corrected chi connectivity index (χ0v) is 14.0. The largest absolute Gasteiger partial charge is 0.489 e. The summed E-state index contributed by atoms with van der Waals surface area (Å²) in [5, 5.41) is 1.51. The van der Waals surface area contributed by atoms with Crippen LogP contribution in [0.15, 0.2) is 12.1 Å². The Balaban J connectivity index is 2.29. The molecule has 1 atom stereocenters. The number of carbonyl (C=O) groups is 1. The lowest BCUT2D eigenvalue weighted by molar-refractivity contribution is -0.119. The minimum atomic E-state index is -3.64. The van der Waals surface area contributed by atoms with Crippen molar-refractivity contribution < 1.29 is 22.7 Å². The number of nitrogens with one attached hydrogen (secondary N) is 1. The average molecular weight is 348 g/mol. The van der Waals surface area contributed by atoms with Crippen molar-refractivity contribution in [3.8, 4) is 11.5 Å². The molecule has 1 aromatic carbocycles. The maximum Gasteiger partial charge on any atom is 0.237 e. The Labute approximate surface area is 134 Å². The fraction of sp³-hybridized carbons (Fsp3) is 0.500. The average Bonchev–Trinajstić information content (AvgIpc) is 2.70. The van der Waals surface area contributed by atoms with Crippen LogP contribution in [-0.2, 0) is 20.4 Å². The van der Waals surface area contributed by atoms with Gasteiger partial charge in [0.25, 0.3) is 0 Å². The van der Waals surface area contributed by atoms with Crippen LogP contribution < -0.4 is 14.8 Å². The Bertz CT molecular complexity index is 674. The highest BCUT2D eigenvalue weighted by atomic mass is 35.5. The lowest BCUT2D eigenvalue weighted by Crippen LogP contribution is -2.36. The monoisotopic (exact) mass is 347 g/mol. The minimum Gasteiger partial charge on any atom is -0.489 e. The molecular weight excluding hydrogens is 330 g/mol. The van der Waals surface area contributed by atoms with Crippen LogP contribution in [0.1, 0.15) is 18.9 Å². The van der Waals surface area contributed by atoms with E-state index in [0.717, 1.165) is 6.42 Å². The number of sulfone groups is 1. The van der Waals surface area contributed by atoms with E-state index >= 15 is 0 Å². The van der Waals surface area contributed by atoms with Crippen LogP contribution in [0.5, 0.6) is 11.5 Å². The Hall–Kier alpha value is -1.47. The zero-order chi connectivity index (χ0) is 16.3. The van der Waals surface area contributed by atoms with Crippen molar-refractivity contribution in [2.45, 2.75) is 24.3 Å². The predicted molar refractivity (Wildman–Crippen MR) is 83.2 cm³/mol. The summed E-state index contributed by atoms with van der Waals surface area (Å²) in [5.74, 6) is 0.0284. The van der Waals surface area contributed by atoms with E-state index in [1.165, 1.54) is 20.0 Å². The van der Waals surface area contributed by atoms with E-state index < -0.39 is 21.0 Å². The molecule has 8 heteroatoms. The molecule has 1 N–H and O–H groups in total. The van der Waals surface area contributed by atoms with E-state index in [1.807, 2.05) is 0 Å². The number of benzene rings is 1. The second-order valence-electron chi connectivity index (χ2n) is 5.02. The van der Waals surface area contributed by atoms with Crippen molar-refractivity contribution in [3.63, 3.8) is 0 Å². The van der Waals surface area contributed by atoms with Crippen LogP contribution in [0.2, 0.25) is 5.02 Å². The molecule has 2 rings (SSSR count). The molecule has 1 aliphatic heterocycles. The number of rotatable bonds is 4. The van der Waals surface area contributed by atoms with E-state index in [2.05, 4.69) is 5.32 Å². The summed E-state index contributed by atoms with van der Waals surface area (Å²) >= 11 is 6.14. The van der Waals surface area contributed by atoms with Crippen molar-refractivity contribution in [1.82, 2.24) is 5.32 Å². The molecule has 0 radical (unpaired) electrons. The highest BCUT2D eigenvalue weighted by molar-refractivity contribution is 7.92. The summed E-state index contributed by atoms with van der Waals surface area (Å²) < 4.78 is 35.6. The van der Waals surface area contributed by atoms with Crippen molar-refractivity contribution >= 4 is 27.3 Å². The fourth-order valence-electron chi connectivity index (χ4n) is 2.09. The van der Waals surface area contributed by atoms with Crippen LogP contribution in [-0.4, -0.2) is 39.8 Å². The Morgan fingerprint density at radius 1 is 1.36 bits per heavy atom. The number of fused-ring (bicyclic) bond motifs is 1. The fourth-order valence-corrected chi connectivity index (χ4v) is 3.70. The van der Waals surface area contributed by atoms with Gasteiger partial charge in [0.15, 0.2) is 21.3 Å². The van der Waals surface area contributed by atoms with Gasteiger partial charge in [0.1, 0.15) is 5.25 Å². The van der Waals surface area contributed by atoms with Crippen molar-refractivity contribution in [2.75, 3.05) is 20.3 Å². The summed E-state index contributed by atoms with van der Waals surface area (Å²) in [7, 11) is -2.24. The topological polar surface area (TPSA) is 81.7 Å². The van der Waals surface area contributed by atoms with Gasteiger partial charge >= 0.3 is 0 Å². The van der Waals surface area contributed by atoms with Gasteiger partial charge in [-0.2, -0.15) is 0 Å². The normalized spacial score (nSPS) is 15.8. The number of carbonyl (C=O) groups excluding carboxylic acids is 1. The number of hydrogen-bond acceptors (Lipinski definition) is 5. The van der Waals surface area contributed by atoms with Crippen LogP contribution >= 0.6 is 11.6 Å². The van der Waals surface area contributed by atoms with Crippen molar-refractivity contribution in [1.29, 1.82) is 0 Å². The molecule has 6 nitrogen and oxygen atoms in total. The first kappa shape index (κ1) is 16.9. The van der Waals surface area contributed by atoms with E-state index in [9.17, 15) is 13.2 Å². The molecule has 0 aromatic heterocycles. The Kier molecular flexibility index (Phi) is 5.18. The number of hydrogen-bond donors (Lipinski definition) is 1. The number of halogens is 1. The molecule has 1 unspecified atom stereocenters. The summed E-state index contributed by atoms with van der Waals surface area (Å²) in [4.78, 5) is 11.5. The van der Waals surface area contributed by atoms with E-state index in [0.29, 0.717) is 35.3 Å². The van der Waals surface area contributed by atoms with Gasteiger partial charge in [-0.15, -0.1) is 0 Å². The minimum absolute atomic E-state index is 0.294. The molecule has 22 heavy (non-hydrogen) atoms. The third-order valence-corrected chi connectivity index (χ3v) is 5.69. The number of ether oxygens (including phenoxy) is 2. The summed E-state index contributed by atoms with van der Waals surface area (Å²) in [6.45, 7) is 2.34. The van der Waals surface area contributed by atoms with E-state index in [-0.39, 0.29) is 5.75 Å². The first-order valence-corrected chi connectivity index (χ1v) is 8.95. The van der Waals surface area contributed by atoms with Gasteiger partial charge in [0.05, 0.1) is 24.0 Å². The van der Waals surface area contributed by atoms with Crippen LogP contribution in [0, 0.1) is 0 Å². The van der Waals surface area contributed by atoms with Crippen molar-refractivity contribution in [3.05, 3.63) is 22.7 Å². The highest BCUT2D eigenvalue weighted by Gasteiger charge is 2.28. The molecule has 0 bridgehead atoms. The van der Waals surface area contributed by atoms with Gasteiger partial charge in [-0.3, -0.25) is 4.79 Å². The van der Waals surface area contributed by atoms with Gasteiger partial charge in [-0.1, -0.05) is 11.6 Å². The quantitative estimate of drug-likeness (QED) is 0.893. The molecule has 122 valence electrons. The SMILES string of the molecule is CNC(=O)C(C)S(=O)(=O)Cc1cc(Cl)c2c(c1)OCCCO2. The van der Waals surface area contributed by atoms with Gasteiger partial charge in [0.2, 0.25) is 5.91 Å². The Morgan fingerprint density at radius 3 is 2.73 bits per heavy atom. The van der Waals surface area contributed by atoms with Gasteiger partial charge in [-0.05, 0) is 24.6 Å². The van der Waals surface area contributed by atoms with E-state index in [4.69, 9.17) is 21.1 Å². The smallest absolute Gasteiger partial charge is 0.237 e. The lowest BCUT2D eigenvalue weighted by Gasteiger charge is -2.14. The predicted octanol–water partition coefficient (Wildman–Crippen LogP) is 1.55. The lowest BCUT2D eigenvalue weighted by atomic mass is 10.2. The van der Waals surface area contributed by atoms with Crippen LogP contribution in [0.3, 0.4) is 0 Å². The summed E-state index contributed by atoms with van der Waals surface area (Å²) in [5.41, 5.74) is 0.463. The maximum atomic E-state index is 12.3. The molecule has 0 saturated carbocycles. The molecular formula is C14H18ClNO5S. The third-order valence-electron chi connectivity index (χ3n) is 3.38. The van der Waals surface area contributed by atoms with E-state index in [1.54, 1.807) is 6.07 Å². The summed E-state index contributed by atoms with van der Waals surface area (Å²) in [6, 6.07) is 3.13. The number of amides is 1.